The SMILES string of the molecule is C=C(O)c1ccccc1NC(=O)N1C[C@H]2CC(c3ccccc3C(F)(F)F)=C[C@H]2C1. The van der Waals surface area contributed by atoms with Crippen molar-refractivity contribution in [2.24, 2.45) is 11.8 Å². The average Bonchev–Trinajstić information content (AvgIpc) is 3.27. The molecule has 0 radical (unpaired) electrons. The maximum atomic E-state index is 13.3. The van der Waals surface area contributed by atoms with Crippen LogP contribution in [-0.4, -0.2) is 29.1 Å². The Bertz CT molecular complexity index is 1030. The van der Waals surface area contributed by atoms with Crippen LogP contribution in [0.25, 0.3) is 11.3 Å². The first-order valence-electron chi connectivity index (χ1n) is 9.64. The van der Waals surface area contributed by atoms with Crippen LogP contribution in [0.1, 0.15) is 23.1 Å². The Morgan fingerprint density at radius 2 is 1.80 bits per heavy atom. The number of benzene rings is 2. The average molecular weight is 414 g/mol. The van der Waals surface area contributed by atoms with Gasteiger partial charge in [0.2, 0.25) is 0 Å². The van der Waals surface area contributed by atoms with E-state index in [1.165, 1.54) is 12.1 Å². The molecule has 4 nitrogen and oxygen atoms in total. The van der Waals surface area contributed by atoms with Crippen LogP contribution in [-0.2, 0) is 6.18 Å². The highest BCUT2D eigenvalue weighted by Crippen LogP contribution is 2.44. The molecule has 2 aromatic carbocycles. The van der Waals surface area contributed by atoms with E-state index in [0.29, 0.717) is 36.3 Å². The molecule has 2 atom stereocenters. The van der Waals surface area contributed by atoms with Crippen LogP contribution in [0.2, 0.25) is 0 Å². The summed E-state index contributed by atoms with van der Waals surface area (Å²) >= 11 is 0. The minimum absolute atomic E-state index is 0.0232. The second-order valence-electron chi connectivity index (χ2n) is 7.69. The molecular formula is C23H21F3N2O2. The third-order valence-electron chi connectivity index (χ3n) is 5.73. The first-order chi connectivity index (χ1) is 14.2. The van der Waals surface area contributed by atoms with Crippen LogP contribution in [0, 0.1) is 11.8 Å². The van der Waals surface area contributed by atoms with Gasteiger partial charge in [-0.1, -0.05) is 43.0 Å². The van der Waals surface area contributed by atoms with Gasteiger partial charge in [-0.3, -0.25) is 0 Å². The van der Waals surface area contributed by atoms with Crippen molar-refractivity contribution in [3.63, 3.8) is 0 Å². The number of nitrogens with one attached hydrogen (secondary N) is 1. The Morgan fingerprint density at radius 3 is 2.50 bits per heavy atom. The number of allylic oxidation sites excluding steroid dienone is 1. The lowest BCUT2D eigenvalue weighted by Crippen LogP contribution is -2.33. The number of para-hydroxylation sites is 1. The number of aliphatic hydroxyl groups excluding tert-OH is 1. The van der Waals surface area contributed by atoms with E-state index in [4.69, 9.17) is 0 Å². The fourth-order valence-electron chi connectivity index (χ4n) is 4.32. The molecule has 1 heterocycles. The summed E-state index contributed by atoms with van der Waals surface area (Å²) in [5, 5.41) is 12.5. The zero-order chi connectivity index (χ0) is 21.5. The standard InChI is InChI=1S/C23H21F3N2O2/c1-14(29)18-6-3-5-9-21(18)27-22(30)28-12-16-10-15(11-17(16)13-28)19-7-2-4-8-20(19)23(24,25)26/h2-10,16-17,29H,1,11-13H2,(H,27,30)/t16-,17+/m0/s1. The quantitative estimate of drug-likeness (QED) is 0.624. The van der Waals surface area contributed by atoms with Gasteiger partial charge in [-0.05, 0) is 47.6 Å². The van der Waals surface area contributed by atoms with Gasteiger partial charge >= 0.3 is 12.2 Å². The number of likely N-dealkylation sites (tertiary alicyclic amines) is 1. The van der Waals surface area contributed by atoms with Gasteiger partial charge in [0.1, 0.15) is 5.76 Å². The van der Waals surface area contributed by atoms with Crippen LogP contribution in [0.3, 0.4) is 0 Å². The zero-order valence-corrected chi connectivity index (χ0v) is 16.1. The summed E-state index contributed by atoms with van der Waals surface area (Å²) < 4.78 is 40.0. The van der Waals surface area contributed by atoms with E-state index in [-0.39, 0.29) is 29.2 Å². The molecule has 1 saturated heterocycles. The second-order valence-corrected chi connectivity index (χ2v) is 7.69. The number of hydrogen-bond donors (Lipinski definition) is 2. The molecule has 2 amide bonds. The Morgan fingerprint density at radius 1 is 1.10 bits per heavy atom. The number of fused-ring (bicyclic) bond motifs is 1. The number of urea groups is 1. The monoisotopic (exact) mass is 414 g/mol. The third kappa shape index (κ3) is 3.79. The van der Waals surface area contributed by atoms with Crippen molar-refractivity contribution in [3.05, 3.63) is 77.9 Å². The maximum absolute atomic E-state index is 13.3. The van der Waals surface area contributed by atoms with Gasteiger partial charge in [-0.25, -0.2) is 4.79 Å². The summed E-state index contributed by atoms with van der Waals surface area (Å²) in [6, 6.07) is 12.1. The summed E-state index contributed by atoms with van der Waals surface area (Å²) in [7, 11) is 0. The highest BCUT2D eigenvalue weighted by molar-refractivity contribution is 5.92. The number of halogens is 3. The number of alkyl halides is 3. The van der Waals surface area contributed by atoms with Crippen LogP contribution >= 0.6 is 0 Å². The van der Waals surface area contributed by atoms with Crippen molar-refractivity contribution in [2.75, 3.05) is 18.4 Å². The van der Waals surface area contributed by atoms with Gasteiger partial charge in [0, 0.05) is 18.7 Å². The molecule has 0 unspecified atom stereocenters. The summed E-state index contributed by atoms with van der Waals surface area (Å²) in [5.41, 5.74) is 1.20. The van der Waals surface area contributed by atoms with Crippen LogP contribution in [0.15, 0.2) is 61.2 Å². The molecule has 4 rings (SSSR count). The summed E-state index contributed by atoms with van der Waals surface area (Å²) in [4.78, 5) is 14.4. The van der Waals surface area contributed by atoms with Gasteiger partial charge in [0.25, 0.3) is 0 Å². The molecule has 7 heteroatoms. The van der Waals surface area contributed by atoms with Crippen molar-refractivity contribution in [1.29, 1.82) is 0 Å². The number of rotatable bonds is 3. The van der Waals surface area contributed by atoms with E-state index in [1.807, 2.05) is 6.08 Å². The highest BCUT2D eigenvalue weighted by Gasteiger charge is 2.41. The van der Waals surface area contributed by atoms with Crippen molar-refractivity contribution in [2.45, 2.75) is 12.6 Å². The third-order valence-corrected chi connectivity index (χ3v) is 5.73. The fourth-order valence-corrected chi connectivity index (χ4v) is 4.32. The van der Waals surface area contributed by atoms with Crippen molar-refractivity contribution in [3.8, 4) is 0 Å². The number of amides is 2. The lowest BCUT2D eigenvalue weighted by molar-refractivity contribution is -0.137. The molecule has 1 aliphatic carbocycles. The molecule has 1 aliphatic heterocycles. The van der Waals surface area contributed by atoms with E-state index in [9.17, 15) is 23.1 Å². The predicted octanol–water partition coefficient (Wildman–Crippen LogP) is 5.80. The maximum Gasteiger partial charge on any atom is 0.416 e. The minimum atomic E-state index is -4.40. The normalized spacial score (nSPS) is 20.6. The number of aliphatic hydroxyl groups is 1. The molecule has 30 heavy (non-hydrogen) atoms. The molecule has 0 saturated carbocycles. The minimum Gasteiger partial charge on any atom is -0.508 e. The van der Waals surface area contributed by atoms with E-state index < -0.39 is 11.7 Å². The number of anilines is 1. The Hall–Kier alpha value is -3.22. The summed E-state index contributed by atoms with van der Waals surface area (Å²) in [6.45, 7) is 4.41. The number of nitrogens with zero attached hydrogens (tertiary/aromatic N) is 1. The Kier molecular flexibility index (Phi) is 5.05. The fraction of sp³-hybridized carbons (Fsp3) is 0.261. The number of carbonyl (C=O) groups is 1. The van der Waals surface area contributed by atoms with Crippen molar-refractivity contribution in [1.82, 2.24) is 4.90 Å². The van der Waals surface area contributed by atoms with Gasteiger partial charge in [0.05, 0.1) is 11.3 Å². The van der Waals surface area contributed by atoms with Crippen molar-refractivity contribution < 1.29 is 23.1 Å². The largest absolute Gasteiger partial charge is 0.508 e. The van der Waals surface area contributed by atoms with E-state index in [2.05, 4.69) is 11.9 Å². The molecule has 2 aliphatic rings. The zero-order valence-electron chi connectivity index (χ0n) is 16.1. The summed E-state index contributed by atoms with van der Waals surface area (Å²) in [6.07, 6.45) is -2.01. The molecule has 0 aromatic heterocycles. The molecule has 1 fully saturated rings. The van der Waals surface area contributed by atoms with Crippen LogP contribution in [0.4, 0.5) is 23.7 Å². The van der Waals surface area contributed by atoms with E-state index in [0.717, 1.165) is 6.07 Å². The van der Waals surface area contributed by atoms with Gasteiger partial charge < -0.3 is 15.3 Å². The summed E-state index contributed by atoms with van der Waals surface area (Å²) in [5.74, 6) is -0.0229. The van der Waals surface area contributed by atoms with Crippen molar-refractivity contribution >= 4 is 23.1 Å². The smallest absolute Gasteiger partial charge is 0.416 e. The second kappa shape index (κ2) is 7.55. The lowest BCUT2D eigenvalue weighted by atomic mass is 9.96. The van der Waals surface area contributed by atoms with Gasteiger partial charge in [-0.15, -0.1) is 0 Å². The highest BCUT2D eigenvalue weighted by atomic mass is 19.4. The molecule has 2 aromatic rings. The number of carbonyl (C=O) groups excluding carboxylic acids is 1. The molecule has 0 bridgehead atoms. The molecule has 0 spiro atoms. The van der Waals surface area contributed by atoms with Crippen LogP contribution < -0.4 is 5.32 Å². The number of hydrogen-bond acceptors (Lipinski definition) is 2. The molecular weight excluding hydrogens is 393 g/mol. The molecule has 156 valence electrons. The predicted molar refractivity (Wildman–Crippen MR) is 110 cm³/mol. The lowest BCUT2D eigenvalue weighted by Gasteiger charge is -2.20. The Balaban J connectivity index is 1.48. The first-order valence-corrected chi connectivity index (χ1v) is 9.64. The van der Waals surface area contributed by atoms with Gasteiger partial charge in [-0.2, -0.15) is 13.2 Å². The van der Waals surface area contributed by atoms with E-state index >= 15 is 0 Å². The van der Waals surface area contributed by atoms with Gasteiger partial charge in [0.15, 0.2) is 0 Å². The Labute approximate surface area is 172 Å². The van der Waals surface area contributed by atoms with E-state index in [1.54, 1.807) is 35.2 Å². The molecule has 2 N–H and O–H groups in total. The van der Waals surface area contributed by atoms with Crippen LogP contribution in [0.5, 0.6) is 0 Å². The first kappa shape index (κ1) is 20.1. The topological polar surface area (TPSA) is 52.6 Å².